The van der Waals surface area contributed by atoms with Gasteiger partial charge in [0.2, 0.25) is 0 Å². The Morgan fingerprint density at radius 3 is 2.59 bits per heavy atom. The lowest BCUT2D eigenvalue weighted by molar-refractivity contribution is -0.212. The molecular weight excluding hydrogens is 348 g/mol. The molecule has 3 heterocycles. The van der Waals surface area contributed by atoms with Gasteiger partial charge in [-0.25, -0.2) is 0 Å². The van der Waals surface area contributed by atoms with Gasteiger partial charge in [0.1, 0.15) is 17.5 Å². The number of esters is 2. The van der Waals surface area contributed by atoms with Gasteiger partial charge < -0.3 is 19.0 Å². The standard InChI is InChI=1S/C21H30O6/c1-12(5-4-6-13(2)22)17-18-14(21(9-10-21)19(24)26-18)11-15(25-17)20(3)8-7-16(23)27-20/h12,14-15,17-18H,4-11H2,1-3H3/t12-,14?,15+,17+,18-,20-/m1/s1. The van der Waals surface area contributed by atoms with E-state index in [9.17, 15) is 14.4 Å². The van der Waals surface area contributed by atoms with Gasteiger partial charge in [-0.15, -0.1) is 0 Å². The molecule has 4 aliphatic rings. The van der Waals surface area contributed by atoms with Crippen LogP contribution in [0.5, 0.6) is 0 Å². The van der Waals surface area contributed by atoms with Crippen LogP contribution in [0.15, 0.2) is 0 Å². The van der Waals surface area contributed by atoms with Crippen molar-refractivity contribution in [1.82, 2.24) is 0 Å². The number of cyclic esters (lactones) is 1. The molecule has 0 N–H and O–H groups in total. The quantitative estimate of drug-likeness (QED) is 0.661. The van der Waals surface area contributed by atoms with Crippen LogP contribution in [0.3, 0.4) is 0 Å². The Balaban J connectivity index is 1.54. The molecule has 27 heavy (non-hydrogen) atoms. The molecule has 6 atom stereocenters. The molecule has 0 aromatic carbocycles. The molecule has 6 heteroatoms. The Hall–Kier alpha value is -1.43. The number of hydrogen-bond acceptors (Lipinski definition) is 6. The Bertz CT molecular complexity index is 653. The second-order valence-corrected chi connectivity index (χ2v) is 9.32. The smallest absolute Gasteiger partial charge is 0.312 e. The second kappa shape index (κ2) is 6.57. The molecule has 150 valence electrons. The maximum absolute atomic E-state index is 12.5. The third kappa shape index (κ3) is 3.20. The molecular formula is C21H30O6. The van der Waals surface area contributed by atoms with E-state index in [1.807, 2.05) is 6.92 Å². The van der Waals surface area contributed by atoms with Crippen molar-refractivity contribution < 1.29 is 28.6 Å². The molecule has 1 unspecified atom stereocenters. The monoisotopic (exact) mass is 378 g/mol. The SMILES string of the molecule is CC(=O)CCC[C@@H](C)[C@@H]1O[C@H]([C@@]2(C)CCC(=O)O2)CC2[C@H]1OC(=O)C21CC1. The molecule has 4 fully saturated rings. The topological polar surface area (TPSA) is 78.9 Å². The van der Waals surface area contributed by atoms with Gasteiger partial charge in [0, 0.05) is 18.8 Å². The first-order valence-electron chi connectivity index (χ1n) is 10.3. The van der Waals surface area contributed by atoms with Crippen molar-refractivity contribution in [2.75, 3.05) is 0 Å². The van der Waals surface area contributed by atoms with Crippen LogP contribution in [0.25, 0.3) is 0 Å². The summed E-state index contributed by atoms with van der Waals surface area (Å²) in [5.74, 6) is 0.254. The second-order valence-electron chi connectivity index (χ2n) is 9.32. The normalized spacial score (nSPS) is 40.4. The Morgan fingerprint density at radius 1 is 1.26 bits per heavy atom. The largest absolute Gasteiger partial charge is 0.459 e. The molecule has 3 aliphatic heterocycles. The molecule has 4 rings (SSSR count). The zero-order valence-electron chi connectivity index (χ0n) is 16.5. The molecule has 1 aliphatic carbocycles. The van der Waals surface area contributed by atoms with Gasteiger partial charge in [-0.1, -0.05) is 6.92 Å². The van der Waals surface area contributed by atoms with Gasteiger partial charge >= 0.3 is 11.9 Å². The number of carbonyl (C=O) groups is 3. The maximum atomic E-state index is 12.5. The van der Waals surface area contributed by atoms with Crippen LogP contribution in [0, 0.1) is 17.3 Å². The van der Waals surface area contributed by atoms with E-state index in [2.05, 4.69) is 6.92 Å². The fourth-order valence-corrected chi connectivity index (χ4v) is 5.34. The highest BCUT2D eigenvalue weighted by Crippen LogP contribution is 2.63. The first kappa shape index (κ1) is 18.9. The lowest BCUT2D eigenvalue weighted by atomic mass is 9.73. The molecule has 0 aromatic heterocycles. The molecule has 1 spiro atoms. The van der Waals surface area contributed by atoms with E-state index < -0.39 is 5.60 Å². The molecule has 0 radical (unpaired) electrons. The Kier molecular flexibility index (Phi) is 4.60. The minimum absolute atomic E-state index is 0.0729. The Labute approximate surface area is 160 Å². The van der Waals surface area contributed by atoms with Crippen molar-refractivity contribution in [1.29, 1.82) is 0 Å². The fourth-order valence-electron chi connectivity index (χ4n) is 5.34. The highest BCUT2D eigenvalue weighted by atomic mass is 16.6. The zero-order chi connectivity index (χ0) is 19.4. The summed E-state index contributed by atoms with van der Waals surface area (Å²) in [6.07, 6.45) is 5.14. The number of ether oxygens (including phenoxy) is 3. The van der Waals surface area contributed by atoms with Gasteiger partial charge in [0.05, 0.1) is 17.6 Å². The van der Waals surface area contributed by atoms with Gasteiger partial charge in [0.15, 0.2) is 0 Å². The summed E-state index contributed by atoms with van der Waals surface area (Å²) in [5, 5.41) is 0. The molecule has 3 saturated heterocycles. The number of fused-ring (bicyclic) bond motifs is 2. The molecule has 0 aromatic rings. The van der Waals surface area contributed by atoms with E-state index in [0.717, 1.165) is 25.7 Å². The lowest BCUT2D eigenvalue weighted by Gasteiger charge is -2.45. The summed E-state index contributed by atoms with van der Waals surface area (Å²) in [4.78, 5) is 35.6. The average molecular weight is 378 g/mol. The minimum atomic E-state index is -0.624. The van der Waals surface area contributed by atoms with Crippen LogP contribution >= 0.6 is 0 Å². The summed E-state index contributed by atoms with van der Waals surface area (Å²) in [6.45, 7) is 5.68. The first-order valence-corrected chi connectivity index (χ1v) is 10.3. The van der Waals surface area contributed by atoms with Crippen molar-refractivity contribution in [2.45, 2.75) is 96.1 Å². The third-order valence-electron chi connectivity index (χ3n) is 7.26. The van der Waals surface area contributed by atoms with E-state index in [0.29, 0.717) is 25.7 Å². The summed E-state index contributed by atoms with van der Waals surface area (Å²) >= 11 is 0. The highest BCUT2D eigenvalue weighted by Gasteiger charge is 2.69. The number of rotatable bonds is 6. The van der Waals surface area contributed by atoms with Crippen LogP contribution in [0.4, 0.5) is 0 Å². The van der Waals surface area contributed by atoms with Crippen molar-refractivity contribution in [2.24, 2.45) is 17.3 Å². The van der Waals surface area contributed by atoms with E-state index in [1.165, 1.54) is 0 Å². The van der Waals surface area contributed by atoms with Crippen LogP contribution in [-0.4, -0.2) is 41.6 Å². The van der Waals surface area contributed by atoms with Crippen LogP contribution < -0.4 is 0 Å². The van der Waals surface area contributed by atoms with Crippen LogP contribution in [0.2, 0.25) is 0 Å². The fraction of sp³-hybridized carbons (Fsp3) is 0.857. The van der Waals surface area contributed by atoms with E-state index in [-0.39, 0.29) is 53.3 Å². The summed E-state index contributed by atoms with van der Waals surface area (Å²) < 4.78 is 18.0. The van der Waals surface area contributed by atoms with Gasteiger partial charge in [0.25, 0.3) is 0 Å². The predicted molar refractivity (Wildman–Crippen MR) is 95.7 cm³/mol. The molecule has 0 bridgehead atoms. The number of Topliss-reactive ketones (excluding diaryl/α,β-unsaturated/α-hetero) is 1. The highest BCUT2D eigenvalue weighted by molar-refractivity contribution is 5.83. The summed E-state index contributed by atoms with van der Waals surface area (Å²) in [5.41, 5.74) is -0.954. The van der Waals surface area contributed by atoms with Gasteiger partial charge in [-0.05, 0) is 58.3 Å². The van der Waals surface area contributed by atoms with Crippen molar-refractivity contribution in [3.63, 3.8) is 0 Å². The van der Waals surface area contributed by atoms with E-state index in [4.69, 9.17) is 14.2 Å². The summed E-state index contributed by atoms with van der Waals surface area (Å²) in [6, 6.07) is 0. The van der Waals surface area contributed by atoms with Crippen molar-refractivity contribution >= 4 is 17.7 Å². The Morgan fingerprint density at radius 2 is 2.00 bits per heavy atom. The maximum Gasteiger partial charge on any atom is 0.312 e. The summed E-state index contributed by atoms with van der Waals surface area (Å²) in [7, 11) is 0. The van der Waals surface area contributed by atoms with Crippen molar-refractivity contribution in [3.8, 4) is 0 Å². The van der Waals surface area contributed by atoms with Crippen LogP contribution in [-0.2, 0) is 28.6 Å². The molecule has 6 nitrogen and oxygen atoms in total. The number of hydrogen-bond donors (Lipinski definition) is 0. The third-order valence-corrected chi connectivity index (χ3v) is 7.26. The van der Waals surface area contributed by atoms with Gasteiger partial charge in [-0.3, -0.25) is 9.59 Å². The van der Waals surface area contributed by atoms with Crippen molar-refractivity contribution in [3.05, 3.63) is 0 Å². The average Bonchev–Trinajstić information content (AvgIpc) is 3.27. The number of carbonyl (C=O) groups excluding carboxylic acids is 3. The molecule has 1 saturated carbocycles. The predicted octanol–water partition coefficient (Wildman–Crippen LogP) is 2.96. The first-order chi connectivity index (χ1) is 12.7. The lowest BCUT2D eigenvalue weighted by Crippen LogP contribution is -2.55. The zero-order valence-corrected chi connectivity index (χ0v) is 16.5. The number of ketones is 1. The van der Waals surface area contributed by atoms with Gasteiger partial charge in [-0.2, -0.15) is 0 Å². The van der Waals surface area contributed by atoms with E-state index in [1.54, 1.807) is 6.92 Å². The molecule has 0 amide bonds. The minimum Gasteiger partial charge on any atom is -0.459 e. The van der Waals surface area contributed by atoms with E-state index >= 15 is 0 Å². The van der Waals surface area contributed by atoms with Crippen LogP contribution in [0.1, 0.15) is 72.1 Å².